The molecule has 0 saturated heterocycles. The minimum absolute atomic E-state index is 0.823. The molecule has 14 rings (SSSR count). The largest absolute Gasteiger partial charge is 0.308 e. The summed E-state index contributed by atoms with van der Waals surface area (Å²) in [4.78, 5) is 12.1. The van der Waals surface area contributed by atoms with Crippen molar-refractivity contribution in [2.75, 3.05) is 0 Å². The van der Waals surface area contributed by atoms with Crippen LogP contribution in [0.2, 0.25) is 0 Å². The van der Waals surface area contributed by atoms with Gasteiger partial charge in [0.2, 0.25) is 0 Å². The highest BCUT2D eigenvalue weighted by molar-refractivity contribution is 7.25. The van der Waals surface area contributed by atoms with Gasteiger partial charge < -0.3 is 4.57 Å². The van der Waals surface area contributed by atoms with E-state index in [4.69, 9.17) is 9.97 Å². The maximum atomic E-state index is 5.66. The van der Waals surface area contributed by atoms with Crippen molar-refractivity contribution in [3.63, 3.8) is 0 Å². The summed E-state index contributed by atoms with van der Waals surface area (Å²) < 4.78 is 6.06. The monoisotopic (exact) mass is 792 g/mol. The van der Waals surface area contributed by atoms with Gasteiger partial charge in [-0.2, -0.15) is 0 Å². The van der Waals surface area contributed by atoms with E-state index in [0.717, 1.165) is 43.8 Å². The lowest BCUT2D eigenvalue weighted by Crippen LogP contribution is -2.03. The lowest BCUT2D eigenvalue weighted by Gasteiger charge is -2.14. The molecule has 5 heteroatoms. The summed E-state index contributed by atoms with van der Waals surface area (Å²) in [7, 11) is 0. The van der Waals surface area contributed by atoms with E-state index in [-0.39, 0.29) is 0 Å². The van der Waals surface area contributed by atoms with Crippen LogP contribution in [0, 0.1) is 0 Å². The van der Waals surface area contributed by atoms with Gasteiger partial charge in [0.15, 0.2) is 5.82 Å². The summed E-state index contributed by atoms with van der Waals surface area (Å²) in [5.41, 5.74) is 16.0. The van der Waals surface area contributed by atoms with E-state index < -0.39 is 0 Å². The average Bonchev–Trinajstić information content (AvgIpc) is 3.94. The Morgan fingerprint density at radius 2 is 0.967 bits per heavy atom. The highest BCUT2D eigenvalue weighted by Gasteiger charge is 2.27. The fourth-order valence-corrected chi connectivity index (χ4v) is 11.2. The molecule has 0 amide bonds. The molecule has 1 aliphatic heterocycles. The molecule has 0 radical (unpaired) electrons. The maximum absolute atomic E-state index is 5.66. The summed E-state index contributed by atoms with van der Waals surface area (Å²) in [6, 6.07) is 70.7. The van der Waals surface area contributed by atoms with Crippen LogP contribution in [0.5, 0.6) is 0 Å². The summed E-state index contributed by atoms with van der Waals surface area (Å²) in [5, 5.41) is 8.40. The molecule has 0 aliphatic carbocycles. The van der Waals surface area contributed by atoms with Crippen molar-refractivity contribution in [1.29, 1.82) is 0 Å². The second-order valence-corrected chi connectivity index (χ2v) is 17.1. The van der Waals surface area contributed by atoms with Gasteiger partial charge in [0.1, 0.15) is 16.0 Å². The van der Waals surface area contributed by atoms with Gasteiger partial charge in [0, 0.05) is 48.3 Å². The fourth-order valence-electron chi connectivity index (χ4n) is 10.2. The minimum Gasteiger partial charge on any atom is -0.308 e. The molecule has 9 aromatic carbocycles. The number of para-hydroxylation sites is 3. The summed E-state index contributed by atoms with van der Waals surface area (Å²) in [6.45, 7) is 0. The molecule has 0 fully saturated rings. The molecule has 13 aromatic rings. The standard InChI is InChI=1S/C56H32N4S/c1-2-15-36-33(13-1)14-11-21-37(36)34-27-29-35(30-28-34)52-55(57-53-44-20-7-10-26-51(44)61-56(53)58-52)60-48-25-9-6-19-41(48)45-31-49-46(32-50(45)60)43-23-12-22-42-39-17-4-3-16-38(39)40-18-5-8-24-47(40)59(49)54(42)43/h1-32H. The van der Waals surface area contributed by atoms with Crippen LogP contribution in [-0.2, 0) is 0 Å². The summed E-state index contributed by atoms with van der Waals surface area (Å²) in [5.74, 6) is 0.823. The van der Waals surface area contributed by atoms with Crippen molar-refractivity contribution < 1.29 is 0 Å². The molecule has 4 aromatic heterocycles. The smallest absolute Gasteiger partial charge is 0.165 e. The van der Waals surface area contributed by atoms with E-state index in [1.54, 1.807) is 11.3 Å². The van der Waals surface area contributed by atoms with Gasteiger partial charge in [-0.15, -0.1) is 11.3 Å². The van der Waals surface area contributed by atoms with E-state index >= 15 is 0 Å². The molecule has 4 nitrogen and oxygen atoms in total. The molecule has 0 spiro atoms. The van der Waals surface area contributed by atoms with Crippen molar-refractivity contribution in [1.82, 2.24) is 19.1 Å². The second-order valence-electron chi connectivity index (χ2n) is 16.1. The first-order chi connectivity index (χ1) is 30.3. The molecule has 1 aliphatic rings. The fraction of sp³-hybridized carbons (Fsp3) is 0. The molecule has 0 unspecified atom stereocenters. The van der Waals surface area contributed by atoms with Crippen molar-refractivity contribution >= 4 is 86.2 Å². The Kier molecular flexibility index (Phi) is 6.68. The molecule has 0 bridgehead atoms. The van der Waals surface area contributed by atoms with Gasteiger partial charge in [-0.1, -0.05) is 164 Å². The van der Waals surface area contributed by atoms with Crippen LogP contribution in [0.3, 0.4) is 0 Å². The van der Waals surface area contributed by atoms with E-state index in [9.17, 15) is 0 Å². The van der Waals surface area contributed by atoms with Crippen LogP contribution in [0.1, 0.15) is 0 Å². The first-order valence-electron chi connectivity index (χ1n) is 20.7. The topological polar surface area (TPSA) is 35.6 Å². The van der Waals surface area contributed by atoms with Crippen molar-refractivity contribution in [2.45, 2.75) is 0 Å². The maximum Gasteiger partial charge on any atom is 0.165 e. The Balaban J connectivity index is 1.08. The lowest BCUT2D eigenvalue weighted by atomic mass is 9.94. The Bertz CT molecular complexity index is 3990. The van der Waals surface area contributed by atoms with Gasteiger partial charge in [-0.05, 0) is 63.4 Å². The normalized spacial score (nSPS) is 12.3. The third-order valence-electron chi connectivity index (χ3n) is 12.9. The van der Waals surface area contributed by atoms with E-state index in [1.165, 1.54) is 87.1 Å². The summed E-state index contributed by atoms with van der Waals surface area (Å²) in [6.07, 6.45) is 0. The van der Waals surface area contributed by atoms with E-state index in [2.05, 4.69) is 203 Å². The number of rotatable bonds is 3. The zero-order chi connectivity index (χ0) is 39.8. The van der Waals surface area contributed by atoms with Crippen molar-refractivity contribution in [2.24, 2.45) is 0 Å². The van der Waals surface area contributed by atoms with Crippen LogP contribution in [0.4, 0.5) is 0 Å². The molecule has 0 N–H and O–H groups in total. The third kappa shape index (κ3) is 4.58. The van der Waals surface area contributed by atoms with Crippen LogP contribution >= 0.6 is 11.3 Å². The molecule has 5 heterocycles. The number of nitrogens with zero attached hydrogens (tertiary/aromatic N) is 4. The molecule has 0 atom stereocenters. The van der Waals surface area contributed by atoms with Gasteiger partial charge in [0.05, 0.1) is 27.8 Å². The zero-order valence-corrected chi connectivity index (χ0v) is 33.5. The van der Waals surface area contributed by atoms with Crippen LogP contribution in [0.15, 0.2) is 194 Å². The first-order valence-corrected chi connectivity index (χ1v) is 21.6. The number of fused-ring (bicyclic) bond motifs is 15. The molecule has 282 valence electrons. The number of thiophene rings is 1. The Labute approximate surface area is 353 Å². The van der Waals surface area contributed by atoms with Gasteiger partial charge >= 0.3 is 0 Å². The van der Waals surface area contributed by atoms with E-state index in [0.29, 0.717) is 0 Å². The SMILES string of the molecule is c1ccc2c(c1)-c1ccccc1-n1c3cc4c5ccccc5n(-c5nc6c(nc5-c5ccc(-c7cccc8ccccc78)cc5)sc5ccccc56)c4cc3c3cccc-2c31. The van der Waals surface area contributed by atoms with Crippen molar-refractivity contribution in [3.8, 4) is 56.1 Å². The predicted octanol–water partition coefficient (Wildman–Crippen LogP) is 15.2. The second kappa shape index (κ2) is 12.3. The summed E-state index contributed by atoms with van der Waals surface area (Å²) >= 11 is 1.71. The van der Waals surface area contributed by atoms with Crippen LogP contribution < -0.4 is 0 Å². The van der Waals surface area contributed by atoms with E-state index in [1.807, 2.05) is 0 Å². The Morgan fingerprint density at radius 3 is 1.84 bits per heavy atom. The first kappa shape index (κ1) is 33.0. The number of aromatic nitrogens is 4. The highest BCUT2D eigenvalue weighted by Crippen LogP contribution is 2.48. The molecular weight excluding hydrogens is 761 g/mol. The lowest BCUT2D eigenvalue weighted by molar-refractivity contribution is 1.09. The molecule has 61 heavy (non-hydrogen) atoms. The number of hydrogen-bond donors (Lipinski definition) is 0. The minimum atomic E-state index is 0.823. The van der Waals surface area contributed by atoms with Crippen molar-refractivity contribution in [3.05, 3.63) is 194 Å². The quantitative estimate of drug-likeness (QED) is 0.179. The number of hydrogen-bond acceptors (Lipinski definition) is 3. The number of benzene rings is 9. The van der Waals surface area contributed by atoms with Gasteiger partial charge in [-0.3, -0.25) is 4.57 Å². The average molecular weight is 793 g/mol. The third-order valence-corrected chi connectivity index (χ3v) is 14.0. The predicted molar refractivity (Wildman–Crippen MR) is 256 cm³/mol. The molecular formula is C56H32N4S. The van der Waals surface area contributed by atoms with Crippen LogP contribution in [0.25, 0.3) is 131 Å². The highest BCUT2D eigenvalue weighted by atomic mass is 32.1. The van der Waals surface area contributed by atoms with Crippen LogP contribution in [-0.4, -0.2) is 19.1 Å². The Morgan fingerprint density at radius 1 is 0.377 bits per heavy atom. The zero-order valence-electron chi connectivity index (χ0n) is 32.7. The van der Waals surface area contributed by atoms with Gasteiger partial charge in [0.25, 0.3) is 0 Å². The van der Waals surface area contributed by atoms with Gasteiger partial charge in [-0.25, -0.2) is 9.97 Å². The molecule has 0 saturated carbocycles. The Hall–Kier alpha value is -7.86.